The molecular formula is C9H15N5O4S. The van der Waals surface area contributed by atoms with Gasteiger partial charge in [0.05, 0.1) is 10.7 Å². The Morgan fingerprint density at radius 2 is 2.16 bits per heavy atom. The van der Waals surface area contributed by atoms with Crippen molar-refractivity contribution in [2.24, 2.45) is 5.14 Å². The molecule has 0 aliphatic rings. The van der Waals surface area contributed by atoms with Crippen LogP contribution in [0.4, 0.5) is 17.3 Å². The molecule has 9 nitrogen and oxygen atoms in total. The standard InChI is InChI=1S/C9H15N5O4S/c1-11-8-4-3-7(14(15)16)9(13-8)12-5-2-6-19(10,17)18/h3-4H,2,5-6H2,1H3,(H2,10,17,18)(H2,11,12,13). The van der Waals surface area contributed by atoms with Gasteiger partial charge < -0.3 is 10.6 Å². The molecule has 0 spiro atoms. The summed E-state index contributed by atoms with van der Waals surface area (Å²) in [5.41, 5.74) is -0.172. The Morgan fingerprint density at radius 3 is 2.68 bits per heavy atom. The fraction of sp³-hybridized carbons (Fsp3) is 0.444. The largest absolute Gasteiger partial charge is 0.373 e. The molecule has 0 atom stereocenters. The van der Waals surface area contributed by atoms with E-state index in [4.69, 9.17) is 5.14 Å². The monoisotopic (exact) mass is 289 g/mol. The number of primary sulfonamides is 1. The Labute approximate surface area is 110 Å². The fourth-order valence-electron chi connectivity index (χ4n) is 1.35. The molecule has 0 bridgehead atoms. The molecule has 0 aliphatic heterocycles. The third-order valence-electron chi connectivity index (χ3n) is 2.22. The summed E-state index contributed by atoms with van der Waals surface area (Å²) in [4.78, 5) is 14.2. The minimum atomic E-state index is -3.52. The molecule has 1 aromatic heterocycles. The smallest absolute Gasteiger partial charge is 0.311 e. The van der Waals surface area contributed by atoms with Crippen molar-refractivity contribution in [3.05, 3.63) is 22.2 Å². The summed E-state index contributed by atoms with van der Waals surface area (Å²) < 4.78 is 21.5. The van der Waals surface area contributed by atoms with Crippen LogP contribution in [0.1, 0.15) is 6.42 Å². The molecule has 0 saturated carbocycles. The van der Waals surface area contributed by atoms with E-state index in [0.29, 0.717) is 5.82 Å². The Balaban J connectivity index is 2.72. The lowest BCUT2D eigenvalue weighted by molar-refractivity contribution is -0.384. The molecule has 0 saturated heterocycles. The molecule has 4 N–H and O–H groups in total. The first kappa shape index (κ1) is 15.1. The van der Waals surface area contributed by atoms with Crippen LogP contribution in [0.5, 0.6) is 0 Å². The van der Waals surface area contributed by atoms with Crippen molar-refractivity contribution in [3.8, 4) is 0 Å². The molecule has 0 fully saturated rings. The van der Waals surface area contributed by atoms with Crippen molar-refractivity contribution < 1.29 is 13.3 Å². The maximum atomic E-state index is 10.8. The van der Waals surface area contributed by atoms with Crippen molar-refractivity contribution in [1.82, 2.24) is 4.98 Å². The number of aromatic nitrogens is 1. The Bertz CT molecular complexity index is 560. The van der Waals surface area contributed by atoms with E-state index in [1.165, 1.54) is 12.1 Å². The number of nitrogens with zero attached hydrogens (tertiary/aromatic N) is 2. The molecule has 0 unspecified atom stereocenters. The first-order valence-electron chi connectivity index (χ1n) is 5.41. The van der Waals surface area contributed by atoms with Gasteiger partial charge in [0.1, 0.15) is 5.82 Å². The van der Waals surface area contributed by atoms with Crippen LogP contribution in [0.15, 0.2) is 12.1 Å². The SMILES string of the molecule is CNc1ccc([N+](=O)[O-])c(NCCCS(N)(=O)=O)n1. The minimum absolute atomic E-state index is 0.0891. The van der Waals surface area contributed by atoms with Crippen molar-refractivity contribution >= 4 is 27.3 Å². The topological polar surface area (TPSA) is 140 Å². The molecule has 1 heterocycles. The number of hydrogen-bond acceptors (Lipinski definition) is 7. The minimum Gasteiger partial charge on any atom is -0.373 e. The highest BCUT2D eigenvalue weighted by Crippen LogP contribution is 2.23. The Morgan fingerprint density at radius 1 is 1.47 bits per heavy atom. The third kappa shape index (κ3) is 5.06. The van der Waals surface area contributed by atoms with Gasteiger partial charge in [-0.2, -0.15) is 0 Å². The number of hydrogen-bond donors (Lipinski definition) is 3. The molecule has 0 radical (unpaired) electrons. The van der Waals surface area contributed by atoms with E-state index in [2.05, 4.69) is 15.6 Å². The lowest BCUT2D eigenvalue weighted by Gasteiger charge is -2.07. The van der Waals surface area contributed by atoms with Crippen LogP contribution in [0.25, 0.3) is 0 Å². The second-order valence-electron chi connectivity index (χ2n) is 3.72. The van der Waals surface area contributed by atoms with E-state index in [1.807, 2.05) is 0 Å². The van der Waals surface area contributed by atoms with Gasteiger partial charge in [-0.05, 0) is 12.5 Å². The van der Waals surface area contributed by atoms with E-state index >= 15 is 0 Å². The van der Waals surface area contributed by atoms with Gasteiger partial charge in [0, 0.05) is 19.7 Å². The van der Waals surface area contributed by atoms with Gasteiger partial charge in [-0.1, -0.05) is 0 Å². The highest BCUT2D eigenvalue weighted by atomic mass is 32.2. The number of nitrogens with one attached hydrogen (secondary N) is 2. The number of sulfonamides is 1. The zero-order valence-electron chi connectivity index (χ0n) is 10.3. The predicted octanol–water partition coefficient (Wildman–Crippen LogP) is 0.122. The second kappa shape index (κ2) is 6.29. The van der Waals surface area contributed by atoms with Gasteiger partial charge >= 0.3 is 5.69 Å². The average molecular weight is 289 g/mol. The maximum Gasteiger partial charge on any atom is 0.311 e. The molecule has 106 valence electrons. The number of anilines is 2. The zero-order valence-corrected chi connectivity index (χ0v) is 11.1. The molecule has 0 amide bonds. The number of pyridine rings is 1. The van der Waals surface area contributed by atoms with Crippen LogP contribution in [0.3, 0.4) is 0 Å². The number of nitrogens with two attached hydrogens (primary N) is 1. The highest BCUT2D eigenvalue weighted by molar-refractivity contribution is 7.89. The van der Waals surface area contributed by atoms with E-state index in [-0.39, 0.29) is 30.2 Å². The molecular weight excluding hydrogens is 274 g/mol. The summed E-state index contributed by atoms with van der Waals surface area (Å²) in [6, 6.07) is 2.80. The van der Waals surface area contributed by atoms with Crippen LogP contribution in [-0.2, 0) is 10.0 Å². The predicted molar refractivity (Wildman–Crippen MR) is 71.5 cm³/mol. The van der Waals surface area contributed by atoms with Gasteiger partial charge in [0.2, 0.25) is 15.8 Å². The summed E-state index contributed by atoms with van der Waals surface area (Å²) in [5.74, 6) is 0.366. The van der Waals surface area contributed by atoms with Crippen LogP contribution < -0.4 is 15.8 Å². The first-order chi connectivity index (χ1) is 8.83. The van der Waals surface area contributed by atoms with Crippen molar-refractivity contribution in [3.63, 3.8) is 0 Å². The van der Waals surface area contributed by atoms with E-state index in [1.54, 1.807) is 7.05 Å². The molecule has 0 aromatic carbocycles. The van der Waals surface area contributed by atoms with Crippen molar-refractivity contribution in [2.45, 2.75) is 6.42 Å². The normalized spacial score (nSPS) is 11.1. The lowest BCUT2D eigenvalue weighted by atomic mass is 10.3. The van der Waals surface area contributed by atoms with E-state index < -0.39 is 14.9 Å². The summed E-state index contributed by atoms with van der Waals surface area (Å²) in [6.07, 6.45) is 0.238. The Hall–Kier alpha value is -1.94. The molecule has 19 heavy (non-hydrogen) atoms. The summed E-state index contributed by atoms with van der Waals surface area (Å²) in [6.45, 7) is 0.220. The zero-order chi connectivity index (χ0) is 14.5. The third-order valence-corrected chi connectivity index (χ3v) is 3.08. The van der Waals surface area contributed by atoms with Crippen LogP contribution >= 0.6 is 0 Å². The molecule has 1 aromatic rings. The summed E-state index contributed by atoms with van der Waals surface area (Å²) in [7, 11) is -1.89. The first-order valence-corrected chi connectivity index (χ1v) is 7.12. The maximum absolute atomic E-state index is 10.8. The Kier molecular flexibility index (Phi) is 5.01. The van der Waals surface area contributed by atoms with Gasteiger partial charge in [0.25, 0.3) is 0 Å². The molecule has 10 heteroatoms. The molecule has 1 rings (SSSR count). The average Bonchev–Trinajstić information content (AvgIpc) is 2.33. The van der Waals surface area contributed by atoms with Crippen LogP contribution in [-0.4, -0.2) is 37.7 Å². The van der Waals surface area contributed by atoms with Crippen LogP contribution in [0.2, 0.25) is 0 Å². The van der Waals surface area contributed by atoms with Gasteiger partial charge in [-0.15, -0.1) is 0 Å². The highest BCUT2D eigenvalue weighted by Gasteiger charge is 2.15. The lowest BCUT2D eigenvalue weighted by Crippen LogP contribution is -2.19. The number of rotatable bonds is 7. The van der Waals surface area contributed by atoms with Gasteiger partial charge in [-0.3, -0.25) is 10.1 Å². The van der Waals surface area contributed by atoms with Crippen LogP contribution in [0, 0.1) is 10.1 Å². The quantitative estimate of drug-likeness (QED) is 0.368. The molecule has 0 aliphatic carbocycles. The van der Waals surface area contributed by atoms with Crippen molar-refractivity contribution in [1.29, 1.82) is 0 Å². The fourth-order valence-corrected chi connectivity index (χ4v) is 1.90. The second-order valence-corrected chi connectivity index (χ2v) is 5.45. The van der Waals surface area contributed by atoms with Crippen molar-refractivity contribution in [2.75, 3.05) is 30.0 Å². The van der Waals surface area contributed by atoms with Gasteiger partial charge in [0.15, 0.2) is 0 Å². The van der Waals surface area contributed by atoms with E-state index in [0.717, 1.165) is 0 Å². The van der Waals surface area contributed by atoms with Gasteiger partial charge in [-0.25, -0.2) is 18.5 Å². The van der Waals surface area contributed by atoms with E-state index in [9.17, 15) is 18.5 Å². The summed E-state index contributed by atoms with van der Waals surface area (Å²) >= 11 is 0. The number of nitro groups is 1. The summed E-state index contributed by atoms with van der Waals surface area (Å²) in [5, 5.41) is 21.1.